The number of rotatable bonds is 4. The van der Waals surface area contributed by atoms with Crippen LogP contribution in [-0.2, 0) is 4.79 Å². The zero-order valence-corrected chi connectivity index (χ0v) is 9.38. The Morgan fingerprint density at radius 2 is 2.00 bits per heavy atom. The van der Waals surface area contributed by atoms with Crippen LogP contribution in [0, 0.1) is 0 Å². The molecule has 0 aromatic heterocycles. The van der Waals surface area contributed by atoms with Gasteiger partial charge in [0.15, 0.2) is 0 Å². The first-order valence-corrected chi connectivity index (χ1v) is 5.72. The normalized spacial score (nSPS) is 18.1. The summed E-state index contributed by atoms with van der Waals surface area (Å²) in [5.74, 6) is 0.235. The third-order valence-corrected chi connectivity index (χ3v) is 3.04. The number of nitrogens with zero attached hydrogens (tertiary/aromatic N) is 1. The lowest BCUT2D eigenvalue weighted by Crippen LogP contribution is -2.42. The molecule has 0 spiro atoms. The van der Waals surface area contributed by atoms with Gasteiger partial charge in [-0.1, -0.05) is 26.2 Å². The number of nitrogens with one attached hydrogen (secondary N) is 1. The molecule has 1 rings (SSSR count). The molecular weight excluding hydrogens is 176 g/mol. The van der Waals surface area contributed by atoms with Gasteiger partial charge in [-0.2, -0.15) is 0 Å². The van der Waals surface area contributed by atoms with Crippen LogP contribution in [0.25, 0.3) is 0 Å². The van der Waals surface area contributed by atoms with Gasteiger partial charge < -0.3 is 10.2 Å². The summed E-state index contributed by atoms with van der Waals surface area (Å²) in [7, 11) is 1.94. The molecule has 1 fully saturated rings. The summed E-state index contributed by atoms with van der Waals surface area (Å²) in [6.45, 7) is 3.38. The Morgan fingerprint density at radius 3 is 2.57 bits per heavy atom. The average Bonchev–Trinajstić information content (AvgIpc) is 2.26. The summed E-state index contributed by atoms with van der Waals surface area (Å²) in [6, 6.07) is 0.495. The van der Waals surface area contributed by atoms with Crippen LogP contribution in [0.4, 0.5) is 0 Å². The van der Waals surface area contributed by atoms with Crippen molar-refractivity contribution in [1.29, 1.82) is 0 Å². The van der Waals surface area contributed by atoms with E-state index in [1.807, 2.05) is 18.9 Å². The van der Waals surface area contributed by atoms with Gasteiger partial charge in [0.1, 0.15) is 0 Å². The number of hydrogen-bond donors (Lipinski definition) is 1. The second-order valence-corrected chi connectivity index (χ2v) is 4.08. The largest absolute Gasteiger partial charge is 0.342 e. The Kier molecular flexibility index (Phi) is 4.94. The van der Waals surface area contributed by atoms with E-state index in [2.05, 4.69) is 5.32 Å². The number of carbonyl (C=O) groups excluding carboxylic acids is 1. The lowest BCUT2D eigenvalue weighted by Gasteiger charge is -2.31. The van der Waals surface area contributed by atoms with Gasteiger partial charge in [-0.25, -0.2) is 0 Å². The lowest BCUT2D eigenvalue weighted by molar-refractivity contribution is -0.131. The fourth-order valence-electron chi connectivity index (χ4n) is 2.03. The summed E-state index contributed by atoms with van der Waals surface area (Å²) in [6.07, 6.45) is 6.28. The fraction of sp³-hybridized carbons (Fsp3) is 0.909. The van der Waals surface area contributed by atoms with Crippen molar-refractivity contribution < 1.29 is 4.79 Å². The molecule has 0 atom stereocenters. The lowest BCUT2D eigenvalue weighted by atomic mass is 9.94. The maximum Gasteiger partial charge on any atom is 0.236 e. The van der Waals surface area contributed by atoms with Crippen molar-refractivity contribution in [3.05, 3.63) is 0 Å². The van der Waals surface area contributed by atoms with Crippen LogP contribution >= 0.6 is 0 Å². The molecule has 3 nitrogen and oxygen atoms in total. The van der Waals surface area contributed by atoms with E-state index in [4.69, 9.17) is 0 Å². The molecule has 0 aliphatic heterocycles. The topological polar surface area (TPSA) is 32.3 Å². The van der Waals surface area contributed by atoms with Gasteiger partial charge in [0.2, 0.25) is 5.91 Å². The number of amides is 1. The van der Waals surface area contributed by atoms with Crippen LogP contribution in [0.15, 0.2) is 0 Å². The summed E-state index contributed by atoms with van der Waals surface area (Å²) < 4.78 is 0. The van der Waals surface area contributed by atoms with Crippen LogP contribution in [0.2, 0.25) is 0 Å². The van der Waals surface area contributed by atoms with Gasteiger partial charge in [0, 0.05) is 13.1 Å². The molecule has 0 radical (unpaired) electrons. The van der Waals surface area contributed by atoms with Crippen LogP contribution < -0.4 is 5.32 Å². The van der Waals surface area contributed by atoms with Crippen LogP contribution in [0.1, 0.15) is 39.0 Å². The molecule has 1 saturated carbocycles. The van der Waals surface area contributed by atoms with E-state index in [1.54, 1.807) is 0 Å². The Morgan fingerprint density at radius 1 is 1.36 bits per heavy atom. The van der Waals surface area contributed by atoms with Gasteiger partial charge in [-0.15, -0.1) is 0 Å². The first-order chi connectivity index (χ1) is 6.75. The second-order valence-electron chi connectivity index (χ2n) is 4.08. The van der Waals surface area contributed by atoms with Gasteiger partial charge in [-0.3, -0.25) is 4.79 Å². The zero-order chi connectivity index (χ0) is 10.4. The third-order valence-electron chi connectivity index (χ3n) is 3.04. The molecular formula is C11H22N2O. The number of carbonyl (C=O) groups is 1. The average molecular weight is 198 g/mol. The van der Waals surface area contributed by atoms with Crippen molar-refractivity contribution in [2.45, 2.75) is 45.1 Å². The van der Waals surface area contributed by atoms with E-state index >= 15 is 0 Å². The molecule has 0 unspecified atom stereocenters. The number of hydrogen-bond acceptors (Lipinski definition) is 2. The second kappa shape index (κ2) is 6.02. The van der Waals surface area contributed by atoms with Gasteiger partial charge >= 0.3 is 0 Å². The van der Waals surface area contributed by atoms with Crippen molar-refractivity contribution in [3.63, 3.8) is 0 Å². The highest BCUT2D eigenvalue weighted by Crippen LogP contribution is 2.21. The van der Waals surface area contributed by atoms with Gasteiger partial charge in [-0.05, 0) is 19.4 Å². The molecule has 0 saturated heterocycles. The van der Waals surface area contributed by atoms with E-state index in [-0.39, 0.29) is 5.91 Å². The van der Waals surface area contributed by atoms with E-state index in [9.17, 15) is 4.79 Å². The first-order valence-electron chi connectivity index (χ1n) is 5.72. The Bertz CT molecular complexity index is 176. The molecule has 1 N–H and O–H groups in total. The predicted molar refractivity (Wildman–Crippen MR) is 58.2 cm³/mol. The molecule has 0 aromatic rings. The van der Waals surface area contributed by atoms with E-state index < -0.39 is 0 Å². The van der Waals surface area contributed by atoms with Crippen LogP contribution in [0.3, 0.4) is 0 Å². The molecule has 0 aromatic carbocycles. The third kappa shape index (κ3) is 3.29. The summed E-state index contributed by atoms with van der Waals surface area (Å²) >= 11 is 0. The van der Waals surface area contributed by atoms with Crippen molar-refractivity contribution >= 4 is 5.91 Å². The molecule has 1 aliphatic carbocycles. The first kappa shape index (κ1) is 11.5. The highest BCUT2D eigenvalue weighted by Gasteiger charge is 2.21. The standard InChI is InChI=1S/C11H22N2O/c1-3-12-9-11(14)13(2)10-7-5-4-6-8-10/h10,12H,3-9H2,1-2H3. The van der Waals surface area contributed by atoms with Crippen LogP contribution in [0.5, 0.6) is 0 Å². The highest BCUT2D eigenvalue weighted by molar-refractivity contribution is 5.78. The van der Waals surface area contributed by atoms with Crippen molar-refractivity contribution in [3.8, 4) is 0 Å². The SMILES string of the molecule is CCNCC(=O)N(C)C1CCCCC1. The Balaban J connectivity index is 2.30. The molecule has 0 bridgehead atoms. The van der Waals surface area contributed by atoms with E-state index in [0.717, 1.165) is 6.54 Å². The van der Waals surface area contributed by atoms with Crippen molar-refractivity contribution in [2.24, 2.45) is 0 Å². The summed E-state index contributed by atoms with van der Waals surface area (Å²) in [5, 5.41) is 3.08. The molecule has 82 valence electrons. The minimum Gasteiger partial charge on any atom is -0.342 e. The van der Waals surface area contributed by atoms with E-state index in [0.29, 0.717) is 12.6 Å². The fourth-order valence-corrected chi connectivity index (χ4v) is 2.03. The van der Waals surface area contributed by atoms with Crippen LogP contribution in [-0.4, -0.2) is 37.0 Å². The molecule has 1 aliphatic rings. The Hall–Kier alpha value is -0.570. The minimum absolute atomic E-state index is 0.235. The minimum atomic E-state index is 0.235. The van der Waals surface area contributed by atoms with Crippen molar-refractivity contribution in [1.82, 2.24) is 10.2 Å². The molecule has 3 heteroatoms. The predicted octanol–water partition coefficient (Wildman–Crippen LogP) is 1.39. The maximum absolute atomic E-state index is 11.7. The number of likely N-dealkylation sites (N-methyl/N-ethyl adjacent to an activating group) is 2. The smallest absolute Gasteiger partial charge is 0.236 e. The van der Waals surface area contributed by atoms with Crippen molar-refractivity contribution in [2.75, 3.05) is 20.1 Å². The maximum atomic E-state index is 11.7. The quantitative estimate of drug-likeness (QED) is 0.740. The molecule has 14 heavy (non-hydrogen) atoms. The molecule has 0 heterocycles. The summed E-state index contributed by atoms with van der Waals surface area (Å²) in [4.78, 5) is 13.6. The highest BCUT2D eigenvalue weighted by atomic mass is 16.2. The van der Waals surface area contributed by atoms with E-state index in [1.165, 1.54) is 32.1 Å². The Labute approximate surface area is 86.9 Å². The van der Waals surface area contributed by atoms with Gasteiger partial charge in [0.25, 0.3) is 0 Å². The monoisotopic (exact) mass is 198 g/mol. The summed E-state index contributed by atoms with van der Waals surface area (Å²) in [5.41, 5.74) is 0. The zero-order valence-electron chi connectivity index (χ0n) is 9.38. The molecule has 1 amide bonds. The van der Waals surface area contributed by atoms with Gasteiger partial charge in [0.05, 0.1) is 6.54 Å².